The van der Waals surface area contributed by atoms with E-state index in [0.717, 1.165) is 29.9 Å². The van der Waals surface area contributed by atoms with E-state index in [1.165, 1.54) is 0 Å². The number of hydrogen-bond acceptors (Lipinski definition) is 3. The van der Waals surface area contributed by atoms with Crippen LogP contribution in [0.25, 0.3) is 0 Å². The molecule has 2 rings (SSSR count). The van der Waals surface area contributed by atoms with Gasteiger partial charge in [-0.1, -0.05) is 29.8 Å². The van der Waals surface area contributed by atoms with Crippen LogP contribution in [0.1, 0.15) is 25.0 Å². The molecule has 0 aliphatic carbocycles. The Kier molecular flexibility index (Phi) is 5.53. The summed E-state index contributed by atoms with van der Waals surface area (Å²) in [7, 11) is 0. The average Bonchev–Trinajstić information content (AvgIpc) is 2.50. The number of aromatic nitrogens is 1. The lowest BCUT2D eigenvalue weighted by Gasteiger charge is -2.20. The molecule has 0 spiro atoms. The van der Waals surface area contributed by atoms with Crippen molar-refractivity contribution in [3.63, 3.8) is 0 Å². The summed E-state index contributed by atoms with van der Waals surface area (Å²) in [5.41, 5.74) is 3.24. The van der Waals surface area contributed by atoms with Crippen LogP contribution in [0.5, 0.6) is 0 Å². The summed E-state index contributed by atoms with van der Waals surface area (Å²) < 4.78 is 0. The number of anilines is 2. The molecule has 116 valence electrons. The van der Waals surface area contributed by atoms with Gasteiger partial charge in [0.25, 0.3) is 0 Å². The van der Waals surface area contributed by atoms with Crippen LogP contribution < -0.4 is 10.2 Å². The third kappa shape index (κ3) is 4.32. The zero-order valence-electron chi connectivity index (χ0n) is 13.5. The monoisotopic (exact) mass is 297 g/mol. The quantitative estimate of drug-likeness (QED) is 0.888. The number of amides is 1. The zero-order valence-corrected chi connectivity index (χ0v) is 13.5. The van der Waals surface area contributed by atoms with Crippen LogP contribution in [0.15, 0.2) is 42.6 Å². The molecular weight excluding hydrogens is 274 g/mol. The molecule has 0 aliphatic heterocycles. The summed E-state index contributed by atoms with van der Waals surface area (Å²) in [6, 6.07) is 11.8. The van der Waals surface area contributed by atoms with Crippen molar-refractivity contribution in [2.24, 2.45) is 0 Å². The smallest absolute Gasteiger partial charge is 0.229 e. The van der Waals surface area contributed by atoms with E-state index >= 15 is 0 Å². The predicted octanol–water partition coefficient (Wildman–Crippen LogP) is 3.42. The first-order valence-electron chi connectivity index (χ1n) is 7.68. The van der Waals surface area contributed by atoms with Crippen molar-refractivity contribution in [3.05, 3.63) is 53.7 Å². The van der Waals surface area contributed by atoms with Crippen LogP contribution in [-0.4, -0.2) is 24.0 Å². The maximum absolute atomic E-state index is 12.1. The van der Waals surface area contributed by atoms with Gasteiger partial charge >= 0.3 is 0 Å². The number of rotatable bonds is 6. The second kappa shape index (κ2) is 7.59. The molecule has 0 unspecified atom stereocenters. The first kappa shape index (κ1) is 16.0. The number of aryl methyl sites for hydroxylation is 1. The Morgan fingerprint density at radius 1 is 1.18 bits per heavy atom. The van der Waals surface area contributed by atoms with Crippen LogP contribution in [0.4, 0.5) is 11.5 Å². The summed E-state index contributed by atoms with van der Waals surface area (Å²) in [5, 5.41) is 2.84. The van der Waals surface area contributed by atoms with E-state index in [1.54, 1.807) is 6.20 Å². The van der Waals surface area contributed by atoms with Gasteiger partial charge < -0.3 is 10.2 Å². The van der Waals surface area contributed by atoms with E-state index in [9.17, 15) is 4.79 Å². The van der Waals surface area contributed by atoms with Crippen molar-refractivity contribution in [3.8, 4) is 0 Å². The van der Waals surface area contributed by atoms with Gasteiger partial charge in [0, 0.05) is 13.1 Å². The third-order valence-corrected chi connectivity index (χ3v) is 3.59. The SMILES string of the molecule is CCN(CC)c1ccc(NC(=O)Cc2cccc(C)c2)nc1. The first-order chi connectivity index (χ1) is 10.6. The van der Waals surface area contributed by atoms with Crippen LogP contribution in [0.2, 0.25) is 0 Å². The van der Waals surface area contributed by atoms with Gasteiger partial charge in [-0.15, -0.1) is 0 Å². The summed E-state index contributed by atoms with van der Waals surface area (Å²) in [6.07, 6.45) is 2.16. The Balaban J connectivity index is 1.97. The zero-order chi connectivity index (χ0) is 15.9. The van der Waals surface area contributed by atoms with Crippen molar-refractivity contribution >= 4 is 17.4 Å². The molecule has 0 saturated carbocycles. The Morgan fingerprint density at radius 3 is 2.55 bits per heavy atom. The van der Waals surface area contributed by atoms with Crippen LogP contribution in [0, 0.1) is 6.92 Å². The molecule has 1 heterocycles. The molecule has 1 amide bonds. The Bertz CT molecular complexity index is 618. The van der Waals surface area contributed by atoms with Crippen molar-refractivity contribution in [1.29, 1.82) is 0 Å². The first-order valence-corrected chi connectivity index (χ1v) is 7.68. The summed E-state index contributed by atoms with van der Waals surface area (Å²) >= 11 is 0. The van der Waals surface area contributed by atoms with Gasteiger partial charge in [-0.05, 0) is 38.5 Å². The summed E-state index contributed by atoms with van der Waals surface area (Å²) in [6.45, 7) is 8.13. The number of carbonyl (C=O) groups is 1. The molecule has 0 radical (unpaired) electrons. The minimum absolute atomic E-state index is 0.0475. The Labute approximate surface area is 132 Å². The minimum Gasteiger partial charge on any atom is -0.371 e. The predicted molar refractivity (Wildman–Crippen MR) is 91.3 cm³/mol. The molecule has 0 bridgehead atoms. The number of pyridine rings is 1. The maximum atomic E-state index is 12.1. The molecule has 4 heteroatoms. The lowest BCUT2D eigenvalue weighted by atomic mass is 10.1. The van der Waals surface area contributed by atoms with E-state index in [2.05, 4.69) is 29.0 Å². The highest BCUT2D eigenvalue weighted by Crippen LogP contribution is 2.15. The number of nitrogens with one attached hydrogen (secondary N) is 1. The molecule has 1 aromatic carbocycles. The molecule has 0 aliphatic rings. The fourth-order valence-corrected chi connectivity index (χ4v) is 2.43. The van der Waals surface area contributed by atoms with Crippen LogP contribution >= 0.6 is 0 Å². The summed E-state index contributed by atoms with van der Waals surface area (Å²) in [4.78, 5) is 18.6. The fraction of sp³-hybridized carbons (Fsp3) is 0.333. The molecule has 4 nitrogen and oxygen atoms in total. The third-order valence-electron chi connectivity index (χ3n) is 3.59. The molecule has 0 saturated heterocycles. The average molecular weight is 297 g/mol. The second-order valence-electron chi connectivity index (χ2n) is 5.29. The standard InChI is InChI=1S/C18H23N3O/c1-4-21(5-2)16-9-10-17(19-13-16)20-18(22)12-15-8-6-7-14(3)11-15/h6-11,13H,4-5,12H2,1-3H3,(H,19,20,22). The van der Waals surface area contributed by atoms with Gasteiger partial charge in [0.1, 0.15) is 5.82 Å². The highest BCUT2D eigenvalue weighted by molar-refractivity contribution is 5.91. The van der Waals surface area contributed by atoms with Crippen molar-refractivity contribution in [2.75, 3.05) is 23.3 Å². The topological polar surface area (TPSA) is 45.2 Å². The number of benzene rings is 1. The van der Waals surface area contributed by atoms with Crippen molar-refractivity contribution in [1.82, 2.24) is 4.98 Å². The Morgan fingerprint density at radius 2 is 1.95 bits per heavy atom. The van der Waals surface area contributed by atoms with E-state index in [0.29, 0.717) is 12.2 Å². The van der Waals surface area contributed by atoms with Gasteiger partial charge in [-0.3, -0.25) is 4.79 Å². The maximum Gasteiger partial charge on any atom is 0.229 e. The van der Waals surface area contributed by atoms with Gasteiger partial charge in [0.05, 0.1) is 18.3 Å². The Hall–Kier alpha value is -2.36. The van der Waals surface area contributed by atoms with Gasteiger partial charge in [-0.2, -0.15) is 0 Å². The minimum atomic E-state index is -0.0475. The lowest BCUT2D eigenvalue weighted by Crippen LogP contribution is -2.22. The lowest BCUT2D eigenvalue weighted by molar-refractivity contribution is -0.115. The van der Waals surface area contributed by atoms with Crippen molar-refractivity contribution < 1.29 is 4.79 Å². The fourth-order valence-electron chi connectivity index (χ4n) is 2.43. The molecule has 0 fully saturated rings. The normalized spacial score (nSPS) is 10.3. The highest BCUT2D eigenvalue weighted by Gasteiger charge is 2.06. The van der Waals surface area contributed by atoms with Crippen LogP contribution in [0.3, 0.4) is 0 Å². The van der Waals surface area contributed by atoms with Gasteiger partial charge in [0.15, 0.2) is 0 Å². The largest absolute Gasteiger partial charge is 0.371 e. The molecule has 1 aromatic heterocycles. The summed E-state index contributed by atoms with van der Waals surface area (Å²) in [5.74, 6) is 0.544. The highest BCUT2D eigenvalue weighted by atomic mass is 16.1. The number of carbonyl (C=O) groups excluding carboxylic acids is 1. The second-order valence-corrected chi connectivity index (χ2v) is 5.29. The van der Waals surface area contributed by atoms with E-state index in [4.69, 9.17) is 0 Å². The van der Waals surface area contributed by atoms with Crippen molar-refractivity contribution in [2.45, 2.75) is 27.2 Å². The van der Waals surface area contributed by atoms with E-state index in [-0.39, 0.29) is 5.91 Å². The molecule has 0 atom stereocenters. The molecule has 2 aromatic rings. The van der Waals surface area contributed by atoms with Gasteiger partial charge in [-0.25, -0.2) is 4.98 Å². The molecular formula is C18H23N3O. The van der Waals surface area contributed by atoms with E-state index < -0.39 is 0 Å². The number of hydrogen-bond donors (Lipinski definition) is 1. The number of nitrogens with zero attached hydrogens (tertiary/aromatic N) is 2. The van der Waals surface area contributed by atoms with Crippen LogP contribution in [-0.2, 0) is 11.2 Å². The molecule has 22 heavy (non-hydrogen) atoms. The van der Waals surface area contributed by atoms with E-state index in [1.807, 2.05) is 43.3 Å². The molecule has 1 N–H and O–H groups in total. The van der Waals surface area contributed by atoms with Gasteiger partial charge in [0.2, 0.25) is 5.91 Å².